The lowest BCUT2D eigenvalue weighted by atomic mass is 10.3. The van der Waals surface area contributed by atoms with Gasteiger partial charge < -0.3 is 0 Å². The summed E-state index contributed by atoms with van der Waals surface area (Å²) in [5.74, 6) is 1.25. The van der Waals surface area contributed by atoms with Crippen LogP contribution in [0.2, 0.25) is 0 Å². The smallest absolute Gasteiger partial charge is 0.153 e. The molecule has 78 valence electrons. The van der Waals surface area contributed by atoms with Gasteiger partial charge in [0, 0.05) is 18.5 Å². The van der Waals surface area contributed by atoms with Gasteiger partial charge in [0.05, 0.1) is 11.5 Å². The van der Waals surface area contributed by atoms with E-state index in [0.717, 1.165) is 13.0 Å². The Labute approximate surface area is 85.0 Å². The van der Waals surface area contributed by atoms with E-state index in [2.05, 4.69) is 4.90 Å². The molecule has 0 saturated carbocycles. The Bertz CT molecular complexity index is 253. The second-order valence-electron chi connectivity index (χ2n) is 3.54. The number of alkyl halides is 1. The van der Waals surface area contributed by atoms with Crippen molar-refractivity contribution in [1.29, 1.82) is 0 Å². The zero-order valence-electron chi connectivity index (χ0n) is 7.87. The van der Waals surface area contributed by atoms with Crippen molar-refractivity contribution in [3.05, 3.63) is 0 Å². The van der Waals surface area contributed by atoms with Gasteiger partial charge >= 0.3 is 0 Å². The topological polar surface area (TPSA) is 37.4 Å². The lowest BCUT2D eigenvalue weighted by molar-refractivity contribution is 0.228. The molecule has 0 bridgehead atoms. The van der Waals surface area contributed by atoms with Crippen LogP contribution in [0.25, 0.3) is 0 Å². The normalized spacial score (nSPS) is 28.9. The second kappa shape index (κ2) is 4.62. The molecule has 0 aliphatic carbocycles. The summed E-state index contributed by atoms with van der Waals surface area (Å²) in [4.78, 5) is 2.20. The maximum absolute atomic E-state index is 11.2. The van der Waals surface area contributed by atoms with Gasteiger partial charge in [0.1, 0.15) is 0 Å². The van der Waals surface area contributed by atoms with Crippen LogP contribution in [0.5, 0.6) is 0 Å². The van der Waals surface area contributed by atoms with Gasteiger partial charge in [0.25, 0.3) is 0 Å². The van der Waals surface area contributed by atoms with Gasteiger partial charge in [-0.15, -0.1) is 11.6 Å². The monoisotopic (exact) mass is 225 g/mol. The molecule has 1 atom stereocenters. The average Bonchev–Trinajstić information content (AvgIpc) is 2.02. The van der Waals surface area contributed by atoms with Crippen molar-refractivity contribution in [2.45, 2.75) is 19.4 Å². The average molecular weight is 226 g/mol. The molecule has 3 nitrogen and oxygen atoms in total. The number of rotatable bonds is 3. The van der Waals surface area contributed by atoms with Crippen molar-refractivity contribution < 1.29 is 8.42 Å². The van der Waals surface area contributed by atoms with Crippen LogP contribution in [0.1, 0.15) is 13.3 Å². The number of sulfone groups is 1. The highest BCUT2D eigenvalue weighted by atomic mass is 35.5. The Morgan fingerprint density at radius 2 is 2.23 bits per heavy atom. The minimum Gasteiger partial charge on any atom is -0.299 e. The van der Waals surface area contributed by atoms with Gasteiger partial charge in [-0.1, -0.05) is 0 Å². The van der Waals surface area contributed by atoms with Crippen LogP contribution in [0, 0.1) is 0 Å². The molecule has 0 spiro atoms. The van der Waals surface area contributed by atoms with Crippen molar-refractivity contribution in [1.82, 2.24) is 4.90 Å². The van der Waals surface area contributed by atoms with E-state index < -0.39 is 9.84 Å². The fraction of sp³-hybridized carbons (Fsp3) is 1.00. The van der Waals surface area contributed by atoms with E-state index in [4.69, 9.17) is 11.6 Å². The van der Waals surface area contributed by atoms with E-state index in [0.29, 0.717) is 23.9 Å². The summed E-state index contributed by atoms with van der Waals surface area (Å²) in [6.07, 6.45) is 0.936. The Kier molecular flexibility index (Phi) is 4.01. The quantitative estimate of drug-likeness (QED) is 0.665. The molecule has 1 saturated heterocycles. The van der Waals surface area contributed by atoms with Crippen LogP contribution in [0.15, 0.2) is 0 Å². The molecule has 1 heterocycles. The van der Waals surface area contributed by atoms with Gasteiger partial charge in [-0.25, -0.2) is 8.42 Å². The fourth-order valence-corrected chi connectivity index (χ4v) is 3.37. The predicted molar refractivity (Wildman–Crippen MR) is 55.0 cm³/mol. The molecule has 1 rings (SSSR count). The van der Waals surface area contributed by atoms with E-state index in [-0.39, 0.29) is 6.04 Å². The number of hydrogen-bond acceptors (Lipinski definition) is 3. The highest BCUT2D eigenvalue weighted by Crippen LogP contribution is 2.11. The summed E-state index contributed by atoms with van der Waals surface area (Å²) in [5.41, 5.74) is 0. The maximum Gasteiger partial charge on any atom is 0.153 e. The first kappa shape index (κ1) is 11.3. The third-order valence-corrected chi connectivity index (χ3v) is 4.45. The lowest BCUT2D eigenvalue weighted by Crippen LogP contribution is -2.47. The molecule has 0 aromatic carbocycles. The first-order chi connectivity index (χ1) is 6.05. The highest BCUT2D eigenvalue weighted by molar-refractivity contribution is 7.91. The Morgan fingerprint density at radius 3 is 2.77 bits per heavy atom. The SMILES string of the molecule is CC1CS(=O)(=O)CCN1CCCCl. The molecule has 1 unspecified atom stereocenters. The Balaban J connectivity index is 2.44. The summed E-state index contributed by atoms with van der Waals surface area (Å²) < 4.78 is 22.5. The molecule has 1 fully saturated rings. The minimum absolute atomic E-state index is 0.155. The molecular weight excluding hydrogens is 210 g/mol. The van der Waals surface area contributed by atoms with Crippen LogP contribution in [-0.4, -0.2) is 49.8 Å². The summed E-state index contributed by atoms with van der Waals surface area (Å²) in [5, 5.41) is 0. The van der Waals surface area contributed by atoms with Crippen LogP contribution in [0.4, 0.5) is 0 Å². The molecule has 0 radical (unpaired) electrons. The summed E-state index contributed by atoms with van der Waals surface area (Å²) >= 11 is 5.58. The molecule has 1 aliphatic rings. The molecule has 0 aromatic heterocycles. The maximum atomic E-state index is 11.2. The standard InChI is InChI=1S/C8H16ClNO2S/c1-8-7-13(11,12)6-5-10(8)4-2-3-9/h8H,2-7H2,1H3. The summed E-state index contributed by atoms with van der Waals surface area (Å²) in [6, 6.07) is 0.155. The predicted octanol–water partition coefficient (Wildman–Crippen LogP) is 0.734. The molecule has 0 amide bonds. The zero-order chi connectivity index (χ0) is 9.90. The zero-order valence-corrected chi connectivity index (χ0v) is 9.44. The second-order valence-corrected chi connectivity index (χ2v) is 6.15. The van der Waals surface area contributed by atoms with Crippen molar-refractivity contribution in [3.8, 4) is 0 Å². The number of hydrogen-bond donors (Lipinski definition) is 0. The third kappa shape index (κ3) is 3.44. The molecule has 5 heteroatoms. The molecule has 1 aliphatic heterocycles. The molecular formula is C8H16ClNO2S. The van der Waals surface area contributed by atoms with E-state index in [1.165, 1.54) is 0 Å². The fourth-order valence-electron chi connectivity index (χ4n) is 1.63. The molecule has 13 heavy (non-hydrogen) atoms. The first-order valence-electron chi connectivity index (χ1n) is 4.55. The summed E-state index contributed by atoms with van der Waals surface area (Å²) in [7, 11) is -2.76. The third-order valence-electron chi connectivity index (χ3n) is 2.39. The van der Waals surface area contributed by atoms with Gasteiger partial charge in [0.15, 0.2) is 9.84 Å². The molecule has 0 aromatic rings. The van der Waals surface area contributed by atoms with Crippen LogP contribution in [0.3, 0.4) is 0 Å². The van der Waals surface area contributed by atoms with Crippen molar-refractivity contribution in [3.63, 3.8) is 0 Å². The van der Waals surface area contributed by atoms with Gasteiger partial charge in [0.2, 0.25) is 0 Å². The van der Waals surface area contributed by atoms with Crippen molar-refractivity contribution >= 4 is 21.4 Å². The molecule has 0 N–H and O–H groups in total. The summed E-state index contributed by atoms with van der Waals surface area (Å²) in [6.45, 7) is 3.55. The largest absolute Gasteiger partial charge is 0.299 e. The highest BCUT2D eigenvalue weighted by Gasteiger charge is 2.27. The van der Waals surface area contributed by atoms with Gasteiger partial charge in [-0.05, 0) is 19.9 Å². The minimum atomic E-state index is -2.76. The van der Waals surface area contributed by atoms with Crippen molar-refractivity contribution in [2.75, 3.05) is 30.5 Å². The lowest BCUT2D eigenvalue weighted by Gasteiger charge is -2.32. The van der Waals surface area contributed by atoms with Crippen molar-refractivity contribution in [2.24, 2.45) is 0 Å². The van der Waals surface area contributed by atoms with E-state index in [9.17, 15) is 8.42 Å². The van der Waals surface area contributed by atoms with E-state index >= 15 is 0 Å². The van der Waals surface area contributed by atoms with Gasteiger partial charge in [-0.2, -0.15) is 0 Å². The first-order valence-corrected chi connectivity index (χ1v) is 6.91. The number of halogens is 1. The van der Waals surface area contributed by atoms with E-state index in [1.54, 1.807) is 0 Å². The van der Waals surface area contributed by atoms with Crippen LogP contribution >= 0.6 is 11.6 Å². The van der Waals surface area contributed by atoms with Gasteiger partial charge in [-0.3, -0.25) is 4.90 Å². The van der Waals surface area contributed by atoms with Crippen LogP contribution in [-0.2, 0) is 9.84 Å². The van der Waals surface area contributed by atoms with E-state index in [1.807, 2.05) is 6.92 Å². The Morgan fingerprint density at radius 1 is 1.54 bits per heavy atom. The van der Waals surface area contributed by atoms with Crippen LogP contribution < -0.4 is 0 Å². The Hall–Kier alpha value is 0.200. The number of nitrogens with zero attached hydrogens (tertiary/aromatic N) is 1.